The predicted octanol–water partition coefficient (Wildman–Crippen LogP) is 2.96. The summed E-state index contributed by atoms with van der Waals surface area (Å²) in [6, 6.07) is 5.49. The lowest BCUT2D eigenvalue weighted by Crippen LogP contribution is -2.60. The number of amides is 1. The molecule has 1 amide bonds. The van der Waals surface area contributed by atoms with Crippen LogP contribution in [0, 0.1) is 24.5 Å². The van der Waals surface area contributed by atoms with Crippen molar-refractivity contribution in [2.75, 3.05) is 19.6 Å². The van der Waals surface area contributed by atoms with Gasteiger partial charge < -0.3 is 9.42 Å². The van der Waals surface area contributed by atoms with E-state index in [4.69, 9.17) is 4.52 Å². The summed E-state index contributed by atoms with van der Waals surface area (Å²) >= 11 is 0. The lowest BCUT2D eigenvalue weighted by Gasteiger charge is -2.51. The van der Waals surface area contributed by atoms with Crippen LogP contribution < -0.4 is 0 Å². The number of aryl methyl sites for hydroxylation is 1. The molecule has 7 heteroatoms. The molecule has 4 fully saturated rings. The van der Waals surface area contributed by atoms with Gasteiger partial charge in [0.25, 0.3) is 5.91 Å². The van der Waals surface area contributed by atoms with E-state index in [1.807, 2.05) is 4.90 Å². The molecule has 27 heavy (non-hydrogen) atoms. The molecule has 6 rings (SSSR count). The average molecular weight is 373 g/mol. The van der Waals surface area contributed by atoms with Crippen LogP contribution in [0.3, 0.4) is 0 Å². The fraction of sp³-hybridized carbons (Fsp3) is 0.500. The molecule has 0 saturated carbocycles. The van der Waals surface area contributed by atoms with Crippen molar-refractivity contribution in [1.29, 1.82) is 0 Å². The Morgan fingerprint density at radius 3 is 2.44 bits per heavy atom. The Morgan fingerprint density at radius 1 is 1.11 bits per heavy atom. The summed E-state index contributed by atoms with van der Waals surface area (Å²) in [4.78, 5) is 17.4. The fourth-order valence-electron chi connectivity index (χ4n) is 5.35. The monoisotopic (exact) mass is 373 g/mol. The van der Waals surface area contributed by atoms with Crippen molar-refractivity contribution >= 4 is 5.91 Å². The summed E-state index contributed by atoms with van der Waals surface area (Å²) in [5, 5.41) is 3.89. The number of piperidine rings is 3. The summed E-state index contributed by atoms with van der Waals surface area (Å²) < 4.78 is 32.8. The lowest BCUT2D eigenvalue weighted by molar-refractivity contribution is -0.00371. The van der Waals surface area contributed by atoms with Crippen LogP contribution in [0.2, 0.25) is 0 Å². The number of benzene rings is 1. The fourth-order valence-corrected chi connectivity index (χ4v) is 5.35. The van der Waals surface area contributed by atoms with E-state index in [1.165, 1.54) is 12.1 Å². The summed E-state index contributed by atoms with van der Waals surface area (Å²) in [5.41, 5.74) is 0.926. The first-order valence-electron chi connectivity index (χ1n) is 9.45. The standard InChI is InChI=1S/C20H21F2N3O2/c1-11-6-17(23-27-11)20(26)25-10-16(13-7-14(21)9-15(22)8-13)19-18(25)12-2-4-24(19)5-3-12/h6-9,12,16,18-19H,2-5,10H2,1H3/t16-,18-,19-/m1/s1. The highest BCUT2D eigenvalue weighted by Crippen LogP contribution is 2.47. The first-order chi connectivity index (χ1) is 13.0. The van der Waals surface area contributed by atoms with Gasteiger partial charge >= 0.3 is 0 Å². The molecule has 0 unspecified atom stereocenters. The minimum atomic E-state index is -0.575. The van der Waals surface area contributed by atoms with Gasteiger partial charge in [-0.2, -0.15) is 0 Å². The van der Waals surface area contributed by atoms with Gasteiger partial charge in [-0.15, -0.1) is 0 Å². The van der Waals surface area contributed by atoms with E-state index < -0.39 is 11.6 Å². The van der Waals surface area contributed by atoms with E-state index >= 15 is 0 Å². The third-order valence-electron chi connectivity index (χ3n) is 6.42. The van der Waals surface area contributed by atoms with Crippen LogP contribution in [0.15, 0.2) is 28.8 Å². The minimum Gasteiger partial charge on any atom is -0.361 e. The number of hydrogen-bond acceptors (Lipinski definition) is 4. The first-order valence-corrected chi connectivity index (χ1v) is 9.45. The van der Waals surface area contributed by atoms with Crippen LogP contribution in [0.25, 0.3) is 0 Å². The van der Waals surface area contributed by atoms with E-state index in [-0.39, 0.29) is 23.9 Å². The van der Waals surface area contributed by atoms with E-state index in [1.54, 1.807) is 13.0 Å². The molecule has 4 aliphatic heterocycles. The van der Waals surface area contributed by atoms with Gasteiger partial charge in [0.2, 0.25) is 0 Å². The van der Waals surface area contributed by atoms with Crippen molar-refractivity contribution in [3.8, 4) is 0 Å². The summed E-state index contributed by atoms with van der Waals surface area (Å²) in [6.07, 6.45) is 2.10. The molecule has 4 aliphatic rings. The molecule has 0 spiro atoms. The SMILES string of the molecule is Cc1cc(C(=O)N2C[C@H](c3cc(F)cc(F)c3)[C@@H]3[C@H]2C2CCN3CC2)no1. The molecule has 2 bridgehead atoms. The van der Waals surface area contributed by atoms with Crippen LogP contribution in [-0.2, 0) is 0 Å². The average Bonchev–Trinajstić information content (AvgIpc) is 3.26. The van der Waals surface area contributed by atoms with Gasteiger partial charge in [0.1, 0.15) is 17.4 Å². The Kier molecular flexibility index (Phi) is 3.82. The van der Waals surface area contributed by atoms with Crippen molar-refractivity contribution < 1.29 is 18.1 Å². The first kappa shape index (κ1) is 16.9. The Morgan fingerprint density at radius 2 is 1.81 bits per heavy atom. The largest absolute Gasteiger partial charge is 0.361 e. The highest BCUT2D eigenvalue weighted by atomic mass is 19.1. The molecule has 0 aliphatic carbocycles. The van der Waals surface area contributed by atoms with Crippen LogP contribution >= 0.6 is 0 Å². The highest BCUT2D eigenvalue weighted by molar-refractivity contribution is 5.93. The van der Waals surface area contributed by atoms with Crippen molar-refractivity contribution in [1.82, 2.24) is 15.0 Å². The van der Waals surface area contributed by atoms with E-state index in [0.717, 1.165) is 32.0 Å². The van der Waals surface area contributed by atoms with Crippen LogP contribution in [0.1, 0.15) is 40.6 Å². The van der Waals surface area contributed by atoms with Crippen LogP contribution in [0.5, 0.6) is 0 Å². The molecule has 0 radical (unpaired) electrons. The number of rotatable bonds is 2. The van der Waals surface area contributed by atoms with Crippen LogP contribution in [-0.4, -0.2) is 52.6 Å². The number of hydrogen-bond donors (Lipinski definition) is 0. The lowest BCUT2D eigenvalue weighted by atomic mass is 9.75. The Labute approximate surface area is 155 Å². The summed E-state index contributed by atoms with van der Waals surface area (Å²) in [7, 11) is 0. The molecular formula is C20H21F2N3O2. The van der Waals surface area contributed by atoms with Gasteiger partial charge in [-0.3, -0.25) is 9.69 Å². The Balaban J connectivity index is 1.54. The van der Waals surface area contributed by atoms with E-state index in [9.17, 15) is 13.6 Å². The number of aromatic nitrogens is 1. The van der Waals surface area contributed by atoms with Crippen molar-refractivity contribution in [3.63, 3.8) is 0 Å². The summed E-state index contributed by atoms with van der Waals surface area (Å²) in [6.45, 7) is 4.15. The maximum absolute atomic E-state index is 13.9. The zero-order valence-electron chi connectivity index (χ0n) is 15.1. The molecule has 3 atom stereocenters. The number of fused-ring (bicyclic) bond motifs is 2. The third kappa shape index (κ3) is 2.67. The smallest absolute Gasteiger partial charge is 0.276 e. The molecule has 5 nitrogen and oxygen atoms in total. The number of nitrogens with zero attached hydrogens (tertiary/aromatic N) is 3. The Bertz CT molecular complexity index is 871. The van der Waals surface area contributed by atoms with E-state index in [2.05, 4.69) is 10.1 Å². The van der Waals surface area contributed by atoms with E-state index in [0.29, 0.717) is 29.5 Å². The van der Waals surface area contributed by atoms with Gasteiger partial charge in [0.05, 0.1) is 6.04 Å². The maximum atomic E-state index is 13.9. The molecule has 1 aromatic carbocycles. The maximum Gasteiger partial charge on any atom is 0.276 e. The second kappa shape index (κ2) is 6.12. The van der Waals surface area contributed by atoms with Gasteiger partial charge in [0, 0.05) is 30.6 Å². The quantitative estimate of drug-likeness (QED) is 0.812. The minimum absolute atomic E-state index is 0.0494. The Hall–Kier alpha value is -2.28. The molecule has 142 valence electrons. The second-order valence-electron chi connectivity index (χ2n) is 7.94. The number of likely N-dealkylation sites (tertiary alicyclic amines) is 1. The van der Waals surface area contributed by atoms with Gasteiger partial charge in [-0.1, -0.05) is 5.16 Å². The van der Waals surface area contributed by atoms with Crippen LogP contribution in [0.4, 0.5) is 8.78 Å². The normalized spacial score (nSPS) is 32.0. The molecule has 1 aromatic heterocycles. The number of halogens is 2. The van der Waals surface area contributed by atoms with Crippen molar-refractivity contribution in [2.45, 2.75) is 37.8 Å². The number of carbonyl (C=O) groups is 1. The molecule has 0 N–H and O–H groups in total. The van der Waals surface area contributed by atoms with Gasteiger partial charge in [-0.05, 0) is 56.5 Å². The topological polar surface area (TPSA) is 49.6 Å². The molecule has 2 aromatic rings. The van der Waals surface area contributed by atoms with Gasteiger partial charge in [-0.25, -0.2) is 8.78 Å². The molecule has 5 heterocycles. The van der Waals surface area contributed by atoms with Gasteiger partial charge in [0.15, 0.2) is 5.69 Å². The zero-order chi connectivity index (χ0) is 18.7. The van der Waals surface area contributed by atoms with Crippen molar-refractivity contribution in [3.05, 3.63) is 52.9 Å². The molecule has 4 saturated heterocycles. The number of carbonyl (C=O) groups excluding carboxylic acids is 1. The molecular weight excluding hydrogens is 352 g/mol. The summed E-state index contributed by atoms with van der Waals surface area (Å²) in [5.74, 6) is -0.411. The zero-order valence-corrected chi connectivity index (χ0v) is 15.1. The third-order valence-corrected chi connectivity index (χ3v) is 6.42. The van der Waals surface area contributed by atoms with Crippen molar-refractivity contribution in [2.24, 2.45) is 5.92 Å². The predicted molar refractivity (Wildman–Crippen MR) is 93.2 cm³/mol. The second-order valence-corrected chi connectivity index (χ2v) is 7.94. The highest BCUT2D eigenvalue weighted by Gasteiger charge is 2.55.